The number of hydrogen-bond donors (Lipinski definition) is 1. The minimum atomic E-state index is -0.0400. The summed E-state index contributed by atoms with van der Waals surface area (Å²) in [5, 5.41) is 7.06. The van der Waals surface area contributed by atoms with Gasteiger partial charge < -0.3 is 10.2 Å². The number of rotatable bonds is 5. The van der Waals surface area contributed by atoms with Gasteiger partial charge >= 0.3 is 6.03 Å². The van der Waals surface area contributed by atoms with Gasteiger partial charge in [-0.05, 0) is 13.3 Å². The van der Waals surface area contributed by atoms with Gasteiger partial charge in [0, 0.05) is 19.3 Å². The zero-order valence-corrected chi connectivity index (χ0v) is 11.7. The molecule has 5 heteroatoms. The number of carbonyl (C=O) groups is 1. The van der Waals surface area contributed by atoms with Crippen LogP contribution in [0.25, 0.3) is 0 Å². The molecule has 19 heavy (non-hydrogen) atoms. The van der Waals surface area contributed by atoms with Crippen molar-refractivity contribution in [3.63, 3.8) is 0 Å². The second kappa shape index (κ2) is 6.41. The molecule has 1 aromatic rings. The van der Waals surface area contributed by atoms with Gasteiger partial charge in [0.25, 0.3) is 0 Å². The summed E-state index contributed by atoms with van der Waals surface area (Å²) in [6, 6.07) is 0.197. The van der Waals surface area contributed by atoms with Crippen molar-refractivity contribution < 1.29 is 4.79 Å². The van der Waals surface area contributed by atoms with Crippen LogP contribution in [-0.2, 0) is 6.54 Å². The second-order valence-electron chi connectivity index (χ2n) is 4.80. The molecule has 0 saturated carbocycles. The SMILES string of the molecule is CCCCC1C=CCN1C(=O)Nc1cnn(CC)c1. The molecular formula is C14H22N4O. The van der Waals surface area contributed by atoms with Gasteiger partial charge in [-0.1, -0.05) is 31.9 Å². The summed E-state index contributed by atoms with van der Waals surface area (Å²) in [5.74, 6) is 0. The van der Waals surface area contributed by atoms with Crippen molar-refractivity contribution in [3.05, 3.63) is 24.5 Å². The summed E-state index contributed by atoms with van der Waals surface area (Å²) in [6.07, 6.45) is 11.1. The Morgan fingerprint density at radius 3 is 3.05 bits per heavy atom. The van der Waals surface area contributed by atoms with E-state index >= 15 is 0 Å². The molecule has 104 valence electrons. The van der Waals surface area contributed by atoms with Crippen LogP contribution in [0.2, 0.25) is 0 Å². The van der Waals surface area contributed by atoms with E-state index in [1.54, 1.807) is 10.9 Å². The van der Waals surface area contributed by atoms with Crippen LogP contribution in [0.15, 0.2) is 24.5 Å². The fourth-order valence-corrected chi connectivity index (χ4v) is 2.27. The number of hydrogen-bond acceptors (Lipinski definition) is 2. The number of aryl methyl sites for hydroxylation is 1. The summed E-state index contributed by atoms with van der Waals surface area (Å²) in [7, 11) is 0. The van der Waals surface area contributed by atoms with Crippen LogP contribution < -0.4 is 5.32 Å². The van der Waals surface area contributed by atoms with Gasteiger partial charge in [-0.25, -0.2) is 4.79 Å². The molecule has 0 aliphatic carbocycles. The van der Waals surface area contributed by atoms with Gasteiger partial charge in [-0.3, -0.25) is 4.68 Å². The molecule has 0 bridgehead atoms. The highest BCUT2D eigenvalue weighted by molar-refractivity contribution is 5.89. The molecule has 1 unspecified atom stereocenters. The Bertz CT molecular complexity index is 452. The fourth-order valence-electron chi connectivity index (χ4n) is 2.27. The third-order valence-corrected chi connectivity index (χ3v) is 3.38. The molecule has 0 spiro atoms. The largest absolute Gasteiger partial charge is 0.322 e. The molecule has 1 aromatic heterocycles. The zero-order chi connectivity index (χ0) is 13.7. The van der Waals surface area contributed by atoms with Gasteiger partial charge in [-0.15, -0.1) is 0 Å². The lowest BCUT2D eigenvalue weighted by molar-refractivity contribution is 0.208. The highest BCUT2D eigenvalue weighted by atomic mass is 16.2. The van der Waals surface area contributed by atoms with Crippen LogP contribution in [0.3, 0.4) is 0 Å². The molecule has 0 saturated heterocycles. The molecule has 1 atom stereocenters. The Hall–Kier alpha value is -1.78. The van der Waals surface area contributed by atoms with E-state index < -0.39 is 0 Å². The Labute approximate surface area is 114 Å². The average molecular weight is 262 g/mol. The van der Waals surface area contributed by atoms with Crippen LogP contribution in [0.4, 0.5) is 10.5 Å². The maximum absolute atomic E-state index is 12.2. The molecule has 1 aliphatic heterocycles. The smallest absolute Gasteiger partial charge is 0.314 e. The average Bonchev–Trinajstić information content (AvgIpc) is 3.04. The fraction of sp³-hybridized carbons (Fsp3) is 0.571. The van der Waals surface area contributed by atoms with E-state index in [-0.39, 0.29) is 12.1 Å². The van der Waals surface area contributed by atoms with Gasteiger partial charge in [0.15, 0.2) is 0 Å². The van der Waals surface area contributed by atoms with Crippen molar-refractivity contribution in [1.29, 1.82) is 0 Å². The number of nitrogens with one attached hydrogen (secondary N) is 1. The summed E-state index contributed by atoms with van der Waals surface area (Å²) >= 11 is 0. The predicted octanol–water partition coefficient (Wildman–Crippen LogP) is 2.87. The number of nitrogens with zero attached hydrogens (tertiary/aromatic N) is 3. The first-order valence-electron chi connectivity index (χ1n) is 7.01. The molecule has 5 nitrogen and oxygen atoms in total. The number of carbonyl (C=O) groups excluding carboxylic acids is 1. The summed E-state index contributed by atoms with van der Waals surface area (Å²) in [6.45, 7) is 5.69. The number of aromatic nitrogens is 2. The number of anilines is 1. The Morgan fingerprint density at radius 2 is 2.37 bits per heavy atom. The number of unbranched alkanes of at least 4 members (excludes halogenated alkanes) is 1. The maximum Gasteiger partial charge on any atom is 0.322 e. The number of urea groups is 1. The minimum absolute atomic E-state index is 0.0400. The predicted molar refractivity (Wildman–Crippen MR) is 76.1 cm³/mol. The first-order valence-corrected chi connectivity index (χ1v) is 7.01. The van der Waals surface area contributed by atoms with Crippen molar-refractivity contribution in [2.24, 2.45) is 0 Å². The Morgan fingerprint density at radius 1 is 1.53 bits per heavy atom. The van der Waals surface area contributed by atoms with Crippen molar-refractivity contribution in [2.45, 2.75) is 45.7 Å². The van der Waals surface area contributed by atoms with Gasteiger partial charge in [-0.2, -0.15) is 5.10 Å². The molecule has 2 rings (SSSR count). The second-order valence-corrected chi connectivity index (χ2v) is 4.80. The third kappa shape index (κ3) is 3.36. The van der Waals surface area contributed by atoms with Crippen LogP contribution in [0, 0.1) is 0 Å². The molecule has 2 heterocycles. The van der Waals surface area contributed by atoms with E-state index in [9.17, 15) is 4.79 Å². The molecule has 0 aromatic carbocycles. The standard InChI is InChI=1S/C14H22N4O/c1-3-5-7-13-8-6-9-18(13)14(19)16-12-10-15-17(4-2)11-12/h6,8,10-11,13H,3-5,7,9H2,1-2H3,(H,16,19). The van der Waals surface area contributed by atoms with Crippen molar-refractivity contribution >= 4 is 11.7 Å². The first kappa shape index (κ1) is 13.6. The lowest BCUT2D eigenvalue weighted by Crippen LogP contribution is -2.39. The normalized spacial score (nSPS) is 18.0. The van der Waals surface area contributed by atoms with Crippen molar-refractivity contribution in [1.82, 2.24) is 14.7 Å². The monoisotopic (exact) mass is 262 g/mol. The van der Waals surface area contributed by atoms with E-state index in [1.807, 2.05) is 18.0 Å². The molecule has 1 N–H and O–H groups in total. The van der Waals surface area contributed by atoms with Gasteiger partial charge in [0.2, 0.25) is 0 Å². The molecule has 1 aliphatic rings. The van der Waals surface area contributed by atoms with Crippen molar-refractivity contribution in [2.75, 3.05) is 11.9 Å². The topological polar surface area (TPSA) is 50.2 Å². The van der Waals surface area contributed by atoms with Gasteiger partial charge in [0.05, 0.1) is 17.9 Å². The van der Waals surface area contributed by atoms with Crippen LogP contribution in [0.5, 0.6) is 0 Å². The van der Waals surface area contributed by atoms with E-state index in [0.717, 1.165) is 31.5 Å². The third-order valence-electron chi connectivity index (χ3n) is 3.38. The Balaban J connectivity index is 1.91. The molecule has 0 radical (unpaired) electrons. The minimum Gasteiger partial charge on any atom is -0.314 e. The van der Waals surface area contributed by atoms with Crippen LogP contribution in [0.1, 0.15) is 33.1 Å². The van der Waals surface area contributed by atoms with E-state index in [1.165, 1.54) is 0 Å². The molecule has 0 fully saturated rings. The lowest BCUT2D eigenvalue weighted by atomic mass is 10.1. The summed E-state index contributed by atoms with van der Waals surface area (Å²) < 4.78 is 1.80. The lowest BCUT2D eigenvalue weighted by Gasteiger charge is -2.24. The van der Waals surface area contributed by atoms with E-state index in [4.69, 9.17) is 0 Å². The van der Waals surface area contributed by atoms with Crippen LogP contribution >= 0.6 is 0 Å². The highest BCUT2D eigenvalue weighted by Crippen LogP contribution is 2.17. The first-order chi connectivity index (χ1) is 9.24. The van der Waals surface area contributed by atoms with Gasteiger partial charge in [0.1, 0.15) is 0 Å². The van der Waals surface area contributed by atoms with Crippen LogP contribution in [-0.4, -0.2) is 33.3 Å². The maximum atomic E-state index is 12.2. The van der Waals surface area contributed by atoms with E-state index in [0.29, 0.717) is 6.54 Å². The highest BCUT2D eigenvalue weighted by Gasteiger charge is 2.24. The summed E-state index contributed by atoms with van der Waals surface area (Å²) in [4.78, 5) is 14.1. The molecule has 2 amide bonds. The Kier molecular flexibility index (Phi) is 4.60. The van der Waals surface area contributed by atoms with Crippen molar-refractivity contribution in [3.8, 4) is 0 Å². The number of amides is 2. The summed E-state index contributed by atoms with van der Waals surface area (Å²) in [5.41, 5.74) is 0.757. The molecular weight excluding hydrogens is 240 g/mol. The van der Waals surface area contributed by atoms with E-state index in [2.05, 4.69) is 29.5 Å². The zero-order valence-electron chi connectivity index (χ0n) is 11.7. The quantitative estimate of drug-likeness (QED) is 0.829.